The number of ether oxygens (including phenoxy) is 1. The number of carbonyl (C=O) groups is 4. The molecular weight excluding hydrogens is 378 g/mol. The maximum absolute atomic E-state index is 12.6. The van der Waals surface area contributed by atoms with Crippen molar-refractivity contribution < 1.29 is 29.0 Å². The number of nitrogens with one attached hydrogen (secondary N) is 2. The lowest BCUT2D eigenvalue weighted by Crippen LogP contribution is -2.53. The molecule has 0 heterocycles. The molecule has 9 nitrogen and oxygen atoms in total. The third kappa shape index (κ3) is 6.28. The lowest BCUT2D eigenvalue weighted by Gasteiger charge is -2.23. The van der Waals surface area contributed by atoms with Crippen molar-refractivity contribution in [2.75, 3.05) is 0 Å². The molecule has 2 amide bonds. The molecular formula is C20H27N3O6. The van der Waals surface area contributed by atoms with E-state index in [4.69, 9.17) is 10.5 Å². The number of benzene rings is 1. The standard InChI is InChI=1S/C20H27N3O6/c1-12(18(27)29-19(28)20(21)9-3-4-10-20)22-17(26)16(23-13(2)24)11-14-5-7-15(25)8-6-14/h5-8,12,16,25H,3-4,9-11,21H2,1-2H3,(H,22,26)(H,23,24)/t12-,16-/m0/s1. The number of aromatic hydroxyl groups is 1. The summed E-state index contributed by atoms with van der Waals surface area (Å²) in [7, 11) is 0. The number of nitrogens with two attached hydrogens (primary N) is 1. The summed E-state index contributed by atoms with van der Waals surface area (Å²) in [6.07, 6.45) is 2.65. The molecule has 1 aliphatic carbocycles. The largest absolute Gasteiger partial charge is 0.508 e. The summed E-state index contributed by atoms with van der Waals surface area (Å²) >= 11 is 0. The van der Waals surface area contributed by atoms with E-state index in [0.717, 1.165) is 12.8 Å². The summed E-state index contributed by atoms with van der Waals surface area (Å²) in [6.45, 7) is 2.66. The number of phenolic OH excluding ortho intramolecular Hbond substituents is 1. The molecule has 0 radical (unpaired) electrons. The van der Waals surface area contributed by atoms with Gasteiger partial charge in [-0.1, -0.05) is 25.0 Å². The highest BCUT2D eigenvalue weighted by Gasteiger charge is 2.40. The Hall–Kier alpha value is -2.94. The molecule has 2 rings (SSSR count). The van der Waals surface area contributed by atoms with E-state index < -0.39 is 41.4 Å². The summed E-state index contributed by atoms with van der Waals surface area (Å²) < 4.78 is 4.86. The Morgan fingerprint density at radius 3 is 2.28 bits per heavy atom. The van der Waals surface area contributed by atoms with Gasteiger partial charge in [0.25, 0.3) is 0 Å². The van der Waals surface area contributed by atoms with E-state index in [1.54, 1.807) is 12.1 Å². The molecule has 1 aromatic rings. The van der Waals surface area contributed by atoms with Crippen molar-refractivity contribution in [1.82, 2.24) is 10.6 Å². The van der Waals surface area contributed by atoms with Crippen molar-refractivity contribution in [2.24, 2.45) is 5.73 Å². The molecule has 0 saturated heterocycles. The number of carbonyl (C=O) groups excluding carboxylic acids is 4. The van der Waals surface area contributed by atoms with Crippen LogP contribution in [0.4, 0.5) is 0 Å². The first-order chi connectivity index (χ1) is 13.6. The molecule has 0 aliphatic heterocycles. The van der Waals surface area contributed by atoms with Crippen LogP contribution in [0.15, 0.2) is 24.3 Å². The number of hydrogen-bond donors (Lipinski definition) is 4. The Morgan fingerprint density at radius 1 is 1.14 bits per heavy atom. The van der Waals surface area contributed by atoms with Gasteiger partial charge in [-0.3, -0.25) is 9.59 Å². The fourth-order valence-corrected chi connectivity index (χ4v) is 3.19. The Balaban J connectivity index is 1.97. The van der Waals surface area contributed by atoms with Crippen LogP contribution in [0.25, 0.3) is 0 Å². The normalized spacial score (nSPS) is 17.1. The molecule has 1 fully saturated rings. The van der Waals surface area contributed by atoms with E-state index in [0.29, 0.717) is 18.4 Å². The van der Waals surface area contributed by atoms with E-state index in [2.05, 4.69) is 10.6 Å². The molecule has 1 aromatic carbocycles. The highest BCUT2D eigenvalue weighted by Crippen LogP contribution is 2.28. The SMILES string of the molecule is CC(=O)N[C@@H](Cc1ccc(O)cc1)C(=O)N[C@@H](C)C(=O)OC(=O)C1(N)CCCC1. The van der Waals surface area contributed by atoms with Crippen LogP contribution < -0.4 is 16.4 Å². The van der Waals surface area contributed by atoms with Gasteiger partial charge in [-0.15, -0.1) is 0 Å². The predicted octanol–water partition coefficient (Wildman–Crippen LogP) is 0.285. The van der Waals surface area contributed by atoms with E-state index in [1.165, 1.54) is 26.0 Å². The highest BCUT2D eigenvalue weighted by atomic mass is 16.6. The van der Waals surface area contributed by atoms with E-state index >= 15 is 0 Å². The molecule has 1 aliphatic rings. The first-order valence-corrected chi connectivity index (χ1v) is 9.51. The lowest BCUT2D eigenvalue weighted by atomic mass is 10.00. The smallest absolute Gasteiger partial charge is 0.336 e. The van der Waals surface area contributed by atoms with Crippen LogP contribution in [-0.2, 0) is 30.3 Å². The quantitative estimate of drug-likeness (QED) is 0.376. The van der Waals surface area contributed by atoms with Crippen LogP contribution in [0.3, 0.4) is 0 Å². The van der Waals surface area contributed by atoms with Crippen LogP contribution in [0.1, 0.15) is 45.1 Å². The van der Waals surface area contributed by atoms with Crippen LogP contribution in [0.5, 0.6) is 5.75 Å². The van der Waals surface area contributed by atoms with E-state index in [-0.39, 0.29) is 12.2 Å². The van der Waals surface area contributed by atoms with Gasteiger partial charge in [0.15, 0.2) is 0 Å². The number of esters is 2. The number of amides is 2. The first-order valence-electron chi connectivity index (χ1n) is 9.51. The Bertz CT molecular complexity index is 771. The molecule has 0 unspecified atom stereocenters. The van der Waals surface area contributed by atoms with Gasteiger partial charge in [0.05, 0.1) is 0 Å². The lowest BCUT2D eigenvalue weighted by molar-refractivity contribution is -0.165. The van der Waals surface area contributed by atoms with Gasteiger partial charge >= 0.3 is 11.9 Å². The summed E-state index contributed by atoms with van der Waals surface area (Å²) in [5.41, 5.74) is 5.52. The molecule has 1 saturated carbocycles. The fourth-order valence-electron chi connectivity index (χ4n) is 3.19. The molecule has 0 bridgehead atoms. The second-order valence-electron chi connectivity index (χ2n) is 7.43. The monoisotopic (exact) mass is 405 g/mol. The number of hydrogen-bond acceptors (Lipinski definition) is 7. The second kappa shape index (κ2) is 9.51. The molecule has 2 atom stereocenters. The van der Waals surface area contributed by atoms with Crippen molar-refractivity contribution in [1.29, 1.82) is 0 Å². The minimum absolute atomic E-state index is 0.0789. The zero-order valence-corrected chi connectivity index (χ0v) is 16.6. The fraction of sp³-hybridized carbons (Fsp3) is 0.500. The van der Waals surface area contributed by atoms with Crippen molar-refractivity contribution >= 4 is 23.8 Å². The van der Waals surface area contributed by atoms with Gasteiger partial charge in [-0.2, -0.15) is 0 Å². The average Bonchev–Trinajstić information content (AvgIpc) is 3.10. The maximum Gasteiger partial charge on any atom is 0.336 e. The van der Waals surface area contributed by atoms with Gasteiger partial charge < -0.3 is 26.2 Å². The third-order valence-corrected chi connectivity index (χ3v) is 4.88. The van der Waals surface area contributed by atoms with E-state index in [1.807, 2.05) is 0 Å². The summed E-state index contributed by atoms with van der Waals surface area (Å²) in [4.78, 5) is 48.4. The summed E-state index contributed by atoms with van der Waals surface area (Å²) in [5, 5.41) is 14.3. The molecule has 0 spiro atoms. The van der Waals surface area contributed by atoms with Crippen molar-refractivity contribution in [3.05, 3.63) is 29.8 Å². The third-order valence-electron chi connectivity index (χ3n) is 4.88. The van der Waals surface area contributed by atoms with Gasteiger partial charge in [0.2, 0.25) is 11.8 Å². The summed E-state index contributed by atoms with van der Waals surface area (Å²) in [5.74, 6) is -2.64. The van der Waals surface area contributed by atoms with Crippen molar-refractivity contribution in [3.8, 4) is 5.75 Å². The Kier molecular flexibility index (Phi) is 7.33. The number of phenols is 1. The zero-order chi connectivity index (χ0) is 21.6. The van der Waals surface area contributed by atoms with Crippen molar-refractivity contribution in [3.63, 3.8) is 0 Å². The topological polar surface area (TPSA) is 148 Å². The van der Waals surface area contributed by atoms with Gasteiger partial charge in [-0.05, 0) is 37.5 Å². The highest BCUT2D eigenvalue weighted by molar-refractivity contribution is 5.95. The Morgan fingerprint density at radius 2 is 1.72 bits per heavy atom. The van der Waals surface area contributed by atoms with Crippen LogP contribution in [-0.4, -0.2) is 46.5 Å². The van der Waals surface area contributed by atoms with Crippen LogP contribution >= 0.6 is 0 Å². The molecule has 158 valence electrons. The summed E-state index contributed by atoms with van der Waals surface area (Å²) in [6, 6.07) is 4.13. The molecule has 0 aromatic heterocycles. The first kappa shape index (κ1) is 22.4. The molecule has 9 heteroatoms. The molecule has 29 heavy (non-hydrogen) atoms. The molecule has 5 N–H and O–H groups in total. The second-order valence-corrected chi connectivity index (χ2v) is 7.43. The van der Waals surface area contributed by atoms with E-state index in [9.17, 15) is 24.3 Å². The van der Waals surface area contributed by atoms with Gasteiger partial charge in [0.1, 0.15) is 23.4 Å². The van der Waals surface area contributed by atoms with Crippen LogP contribution in [0, 0.1) is 0 Å². The van der Waals surface area contributed by atoms with Gasteiger partial charge in [0, 0.05) is 13.3 Å². The predicted molar refractivity (Wildman–Crippen MR) is 104 cm³/mol. The minimum Gasteiger partial charge on any atom is -0.508 e. The van der Waals surface area contributed by atoms with Crippen LogP contribution in [0.2, 0.25) is 0 Å². The maximum atomic E-state index is 12.6. The van der Waals surface area contributed by atoms with Crippen molar-refractivity contribution in [2.45, 2.75) is 63.6 Å². The minimum atomic E-state index is -1.16. The van der Waals surface area contributed by atoms with Gasteiger partial charge in [-0.25, -0.2) is 9.59 Å². The number of rotatable bonds is 7. The Labute approximate surface area is 169 Å². The zero-order valence-electron chi connectivity index (χ0n) is 16.6. The average molecular weight is 405 g/mol.